The second-order valence-electron chi connectivity index (χ2n) is 1.60. The summed E-state index contributed by atoms with van der Waals surface area (Å²) in [6.45, 7) is 2.59. The lowest BCUT2D eigenvalue weighted by Crippen LogP contribution is -1.99. The molecule has 0 aliphatic rings. The van der Waals surface area contributed by atoms with Gasteiger partial charge < -0.3 is 9.05 Å². The van der Waals surface area contributed by atoms with Crippen LogP contribution in [0.1, 0.15) is 13.8 Å². The van der Waals surface area contributed by atoms with Gasteiger partial charge in [0.05, 0.1) is 19.5 Å². The smallest absolute Gasteiger partial charge is 0.203 e. The molecule has 10 heavy (non-hydrogen) atoms. The predicted molar refractivity (Wildman–Crippen MR) is 45.5 cm³/mol. The van der Waals surface area contributed by atoms with E-state index < -0.39 is 6.49 Å². The molecule has 0 unspecified atom stereocenters. The lowest BCUT2D eigenvalue weighted by molar-refractivity contribution is 0.267. The fourth-order valence-electron chi connectivity index (χ4n) is 0.522. The number of hydrogen-bond acceptors (Lipinski definition) is 3. The highest BCUT2D eigenvalue weighted by Gasteiger charge is 2.14. The Morgan fingerprint density at radius 2 is 1.70 bits per heavy atom. The fourth-order valence-corrected chi connectivity index (χ4v) is 2.20. The quantitative estimate of drug-likeness (QED) is 0.606. The van der Waals surface area contributed by atoms with Crippen LogP contribution in [0.5, 0.6) is 0 Å². The third-order valence-electron chi connectivity index (χ3n) is 0.845. The predicted octanol–water partition coefficient (Wildman–Crippen LogP) is 1.61. The third-order valence-corrected chi connectivity index (χ3v) is 3.56. The van der Waals surface area contributed by atoms with E-state index in [2.05, 4.69) is 0 Å². The first-order valence-electron chi connectivity index (χ1n) is 3.21. The average Bonchev–Trinajstić information content (AvgIpc) is 1.89. The Bertz CT molecular complexity index is 121. The zero-order chi connectivity index (χ0) is 8.04. The Kier molecular flexibility index (Phi) is 5.49. The molecule has 0 spiro atoms. The van der Waals surface area contributed by atoms with Crippen molar-refractivity contribution in [3.05, 3.63) is 0 Å². The molecule has 1 radical (unpaired) electrons. The van der Waals surface area contributed by atoms with Gasteiger partial charge in [0.1, 0.15) is 0 Å². The van der Waals surface area contributed by atoms with Crippen LogP contribution in [-0.2, 0) is 20.9 Å². The summed E-state index contributed by atoms with van der Waals surface area (Å²) in [4.78, 5) is 0. The van der Waals surface area contributed by atoms with E-state index in [-0.39, 0.29) is 6.29 Å². The van der Waals surface area contributed by atoms with Crippen molar-refractivity contribution < 1.29 is 9.05 Å². The summed E-state index contributed by atoms with van der Waals surface area (Å²) in [7, 11) is 0. The van der Waals surface area contributed by atoms with Crippen molar-refractivity contribution in [1.82, 2.24) is 5.73 Å². The van der Waals surface area contributed by atoms with E-state index in [4.69, 9.17) is 26.6 Å². The van der Waals surface area contributed by atoms with E-state index in [1.165, 1.54) is 0 Å². The summed E-state index contributed by atoms with van der Waals surface area (Å²) in [5, 5.41) is 0. The number of nitrogens with one attached hydrogen (secondary N) is 1. The molecule has 0 saturated carbocycles. The van der Waals surface area contributed by atoms with Crippen LogP contribution >= 0.6 is 6.49 Å². The van der Waals surface area contributed by atoms with Crippen molar-refractivity contribution >= 4 is 18.3 Å². The van der Waals surface area contributed by atoms with Gasteiger partial charge in [0.25, 0.3) is 0 Å². The minimum Gasteiger partial charge on any atom is -0.329 e. The van der Waals surface area contributed by atoms with E-state index in [0.717, 1.165) is 0 Å². The maximum absolute atomic E-state index is 7.06. The Morgan fingerprint density at radius 3 is 1.90 bits per heavy atom. The molecular formula is C5H13NO2PS. The second-order valence-corrected chi connectivity index (χ2v) is 5.33. The van der Waals surface area contributed by atoms with E-state index in [1.807, 2.05) is 13.8 Å². The monoisotopic (exact) mass is 182 g/mol. The maximum Gasteiger partial charge on any atom is 0.203 e. The molecule has 0 fully saturated rings. The zero-order valence-electron chi connectivity index (χ0n) is 6.29. The largest absolute Gasteiger partial charge is 0.329 e. The Morgan fingerprint density at radius 1 is 1.30 bits per heavy atom. The highest BCUT2D eigenvalue weighted by Crippen LogP contribution is 2.46. The normalized spacial score (nSPS) is 11.9. The molecule has 0 bridgehead atoms. The van der Waals surface area contributed by atoms with Gasteiger partial charge in [-0.25, -0.2) is 5.73 Å². The fraction of sp³-hybridized carbons (Fsp3) is 1.00. The van der Waals surface area contributed by atoms with Crippen LogP contribution in [0.4, 0.5) is 0 Å². The van der Waals surface area contributed by atoms with Crippen LogP contribution in [0.3, 0.4) is 0 Å². The highest BCUT2D eigenvalue weighted by atomic mass is 32.5. The molecule has 0 saturated heterocycles. The van der Waals surface area contributed by atoms with Crippen LogP contribution in [-0.4, -0.2) is 19.5 Å². The summed E-state index contributed by atoms with van der Waals surface area (Å²) in [5.74, 6) is 0. The van der Waals surface area contributed by atoms with Gasteiger partial charge in [0.2, 0.25) is 6.49 Å². The summed E-state index contributed by atoms with van der Waals surface area (Å²) in [6, 6.07) is 0. The molecule has 3 nitrogen and oxygen atoms in total. The van der Waals surface area contributed by atoms with Crippen LogP contribution in [0.25, 0.3) is 0 Å². The molecule has 0 aliphatic carbocycles. The van der Waals surface area contributed by atoms with Crippen molar-refractivity contribution in [1.29, 1.82) is 0 Å². The van der Waals surface area contributed by atoms with Crippen LogP contribution in [0, 0.1) is 0 Å². The number of rotatable bonds is 5. The Labute approximate surface area is 67.1 Å². The minimum atomic E-state index is -2.20. The molecular weight excluding hydrogens is 169 g/mol. The van der Waals surface area contributed by atoms with Crippen LogP contribution in [0.15, 0.2) is 0 Å². The molecule has 0 aromatic rings. The molecule has 0 amide bonds. The SMILES string of the molecule is CCOP(=S)(C[NH])OCC. The van der Waals surface area contributed by atoms with E-state index in [9.17, 15) is 0 Å². The summed E-state index contributed by atoms with van der Waals surface area (Å²) in [6.07, 6.45) is 0.0734. The molecule has 5 heteroatoms. The van der Waals surface area contributed by atoms with Crippen molar-refractivity contribution in [3.63, 3.8) is 0 Å². The first kappa shape index (κ1) is 10.5. The second kappa shape index (κ2) is 5.22. The minimum absolute atomic E-state index is 0.0734. The lowest BCUT2D eigenvalue weighted by Gasteiger charge is -2.17. The van der Waals surface area contributed by atoms with Crippen molar-refractivity contribution in [2.45, 2.75) is 13.8 Å². The van der Waals surface area contributed by atoms with Gasteiger partial charge in [-0.1, -0.05) is 0 Å². The topological polar surface area (TPSA) is 42.3 Å². The maximum atomic E-state index is 7.06. The van der Waals surface area contributed by atoms with Gasteiger partial charge in [-0.15, -0.1) is 0 Å². The van der Waals surface area contributed by atoms with Crippen LogP contribution in [0.2, 0.25) is 0 Å². The molecule has 0 aromatic carbocycles. The van der Waals surface area contributed by atoms with Gasteiger partial charge in [0.15, 0.2) is 0 Å². The molecule has 0 aromatic heterocycles. The molecule has 0 aliphatic heterocycles. The van der Waals surface area contributed by atoms with Gasteiger partial charge >= 0.3 is 0 Å². The molecule has 0 rings (SSSR count). The summed E-state index contributed by atoms with van der Waals surface area (Å²) < 4.78 is 10.3. The Balaban J connectivity index is 3.83. The Hall–Kier alpha value is 0.530. The average molecular weight is 182 g/mol. The van der Waals surface area contributed by atoms with Gasteiger partial charge in [0, 0.05) is 0 Å². The van der Waals surface area contributed by atoms with Gasteiger partial charge in [-0.3, -0.25) is 0 Å². The van der Waals surface area contributed by atoms with E-state index in [0.29, 0.717) is 13.2 Å². The highest BCUT2D eigenvalue weighted by molar-refractivity contribution is 8.09. The number of hydrogen-bond donors (Lipinski definition) is 0. The van der Waals surface area contributed by atoms with Crippen molar-refractivity contribution in [3.8, 4) is 0 Å². The van der Waals surface area contributed by atoms with Gasteiger partial charge in [-0.2, -0.15) is 0 Å². The van der Waals surface area contributed by atoms with E-state index >= 15 is 0 Å². The summed E-state index contributed by atoms with van der Waals surface area (Å²) in [5.41, 5.74) is 7.06. The summed E-state index contributed by atoms with van der Waals surface area (Å²) >= 11 is 4.98. The van der Waals surface area contributed by atoms with Gasteiger partial charge in [-0.05, 0) is 25.7 Å². The molecule has 0 heterocycles. The molecule has 61 valence electrons. The first-order valence-corrected chi connectivity index (χ1v) is 6.03. The van der Waals surface area contributed by atoms with Crippen molar-refractivity contribution in [2.24, 2.45) is 0 Å². The molecule has 0 atom stereocenters. The van der Waals surface area contributed by atoms with Crippen LogP contribution < -0.4 is 5.73 Å². The van der Waals surface area contributed by atoms with Crippen molar-refractivity contribution in [2.75, 3.05) is 19.5 Å². The first-order chi connectivity index (χ1) is 4.68. The lowest BCUT2D eigenvalue weighted by atomic mass is 10.9. The van der Waals surface area contributed by atoms with E-state index in [1.54, 1.807) is 0 Å². The molecule has 1 N–H and O–H groups in total. The standard InChI is InChI=1S/C5H13NO2PS/c1-3-7-9(10,5-6)8-4-2/h6H,3-5H2,1-2H3. The zero-order valence-corrected chi connectivity index (χ0v) is 8.00. The third kappa shape index (κ3) is 3.64.